The number of likely N-dealkylation sites (N-methyl/N-ethyl adjacent to an activating group) is 1. The molecule has 42 heavy (non-hydrogen) atoms. The lowest BCUT2D eigenvalue weighted by atomic mass is 9.54. The van der Waals surface area contributed by atoms with Crippen LogP contribution in [0.5, 0.6) is 11.5 Å². The van der Waals surface area contributed by atoms with Crippen molar-refractivity contribution in [2.24, 2.45) is 23.5 Å². The van der Waals surface area contributed by atoms with Crippen LogP contribution in [-0.2, 0) is 27.2 Å². The molecular formula is C31H34N2O8S. The second-order valence-corrected chi connectivity index (χ2v) is 12.2. The van der Waals surface area contributed by atoms with Crippen LogP contribution in [-0.4, -0.2) is 86.0 Å². The number of thioether (sulfide) groups is 1. The minimum Gasteiger partial charge on any atom is -0.507 e. The van der Waals surface area contributed by atoms with E-state index in [1.165, 1.54) is 17.8 Å². The zero-order valence-electron chi connectivity index (χ0n) is 23.4. The Balaban J connectivity index is 1.57. The minimum atomic E-state index is -2.69. The van der Waals surface area contributed by atoms with Crippen molar-refractivity contribution in [1.29, 1.82) is 0 Å². The molecule has 0 bridgehead atoms. The van der Waals surface area contributed by atoms with Crippen LogP contribution in [0.3, 0.4) is 0 Å². The third kappa shape index (κ3) is 4.43. The van der Waals surface area contributed by atoms with E-state index >= 15 is 0 Å². The van der Waals surface area contributed by atoms with Gasteiger partial charge in [-0.25, -0.2) is 0 Å². The molecule has 0 radical (unpaired) electrons. The summed E-state index contributed by atoms with van der Waals surface area (Å²) in [6, 6.07) is 7.65. The van der Waals surface area contributed by atoms with Crippen LogP contribution in [0.15, 0.2) is 46.9 Å². The minimum absolute atomic E-state index is 0.0323. The van der Waals surface area contributed by atoms with Gasteiger partial charge in [0.1, 0.15) is 23.2 Å². The molecule has 2 unspecified atom stereocenters. The largest absolute Gasteiger partial charge is 0.507 e. The third-order valence-corrected chi connectivity index (χ3v) is 9.72. The van der Waals surface area contributed by atoms with E-state index in [1.54, 1.807) is 25.1 Å². The first-order chi connectivity index (χ1) is 19.8. The highest BCUT2D eigenvalue weighted by Crippen LogP contribution is 2.52. The van der Waals surface area contributed by atoms with Crippen LogP contribution < -0.4 is 5.73 Å². The number of hydrogen-bond acceptors (Lipinski definition) is 10. The second-order valence-electron chi connectivity index (χ2n) is 11.4. The Morgan fingerprint density at radius 1 is 1.17 bits per heavy atom. The van der Waals surface area contributed by atoms with E-state index in [0.717, 1.165) is 10.5 Å². The number of para-hydroxylation sites is 1. The average molecular weight is 595 g/mol. The van der Waals surface area contributed by atoms with E-state index in [0.29, 0.717) is 17.5 Å². The first-order valence-corrected chi connectivity index (χ1v) is 14.8. The van der Waals surface area contributed by atoms with Gasteiger partial charge in [-0.3, -0.25) is 14.4 Å². The summed E-state index contributed by atoms with van der Waals surface area (Å²) in [4.78, 5) is 41.9. The first-order valence-electron chi connectivity index (χ1n) is 13.6. The zero-order valence-corrected chi connectivity index (χ0v) is 24.3. The smallest absolute Gasteiger partial charge is 0.230 e. The van der Waals surface area contributed by atoms with Crippen molar-refractivity contribution in [3.63, 3.8) is 0 Å². The summed E-state index contributed by atoms with van der Waals surface area (Å²) in [6.45, 7) is 0. The molecule has 2 aromatic rings. The molecule has 0 aliphatic heterocycles. The zero-order chi connectivity index (χ0) is 30.7. The van der Waals surface area contributed by atoms with Gasteiger partial charge in [-0.05, 0) is 74.4 Å². The van der Waals surface area contributed by atoms with Crippen LogP contribution in [0.4, 0.5) is 0 Å². The summed E-state index contributed by atoms with van der Waals surface area (Å²) in [6.07, 6.45) is 4.69. The van der Waals surface area contributed by atoms with Crippen LogP contribution in [0.25, 0.3) is 11.8 Å². The molecule has 11 heteroatoms. The number of nitrogens with zero attached hydrogens (tertiary/aromatic N) is 1. The fraction of sp³-hybridized carbons (Fsp3) is 0.387. The SMILES string of the molecule is CSc1cccc(C/C=C\c2ccc(O)c3c2C[C@@H]2C[C@@H]4[C@@H](N(C)C)C(O)C(C(N)=O)C(=O)[C@]4(O)C(=O)C2=C3O)c1O. The van der Waals surface area contributed by atoms with Crippen molar-refractivity contribution in [2.75, 3.05) is 20.4 Å². The molecule has 222 valence electrons. The Hall–Kier alpha value is -3.64. The Labute approximate surface area is 247 Å². The van der Waals surface area contributed by atoms with Crippen molar-refractivity contribution in [1.82, 2.24) is 4.90 Å². The Morgan fingerprint density at radius 3 is 2.52 bits per heavy atom. The van der Waals surface area contributed by atoms with E-state index in [2.05, 4.69) is 0 Å². The van der Waals surface area contributed by atoms with Gasteiger partial charge in [0.2, 0.25) is 11.7 Å². The van der Waals surface area contributed by atoms with Gasteiger partial charge >= 0.3 is 0 Å². The Bertz CT molecular complexity index is 1550. The summed E-state index contributed by atoms with van der Waals surface area (Å²) >= 11 is 1.44. The standard InChI is InChI=1S/C31H34N2O8S/c1-33(2)24-18-13-16-12-17-14(6-4-7-15-8-5-9-20(42-3)25(15)35)10-11-19(34)22(17)26(36)21(16)28(38)31(18,41)29(39)23(27(24)37)30(32)40/h4-6,8-11,16,18,23-24,27,34-37,41H,7,12-13H2,1-3H3,(H2,32,40)/b6-4-/t16-,18-,23?,24-,27?,31-/m1/s1. The van der Waals surface area contributed by atoms with Crippen LogP contribution in [0, 0.1) is 17.8 Å². The summed E-state index contributed by atoms with van der Waals surface area (Å²) in [5, 5.41) is 55.4. The van der Waals surface area contributed by atoms with Gasteiger partial charge in [-0.15, -0.1) is 11.8 Å². The third-order valence-electron chi connectivity index (χ3n) is 8.95. The molecule has 3 aliphatic carbocycles. The van der Waals surface area contributed by atoms with E-state index in [-0.39, 0.29) is 35.5 Å². The number of phenols is 2. The highest BCUT2D eigenvalue weighted by Gasteiger charge is 2.67. The number of amides is 1. The number of aliphatic hydroxyl groups is 3. The summed E-state index contributed by atoms with van der Waals surface area (Å²) < 4.78 is 0. The fourth-order valence-electron chi connectivity index (χ4n) is 6.99. The number of nitrogens with two attached hydrogens (primary N) is 1. The van der Waals surface area contributed by atoms with Crippen LogP contribution in [0.1, 0.15) is 28.7 Å². The van der Waals surface area contributed by atoms with E-state index < -0.39 is 58.7 Å². The van der Waals surface area contributed by atoms with Gasteiger partial charge < -0.3 is 36.2 Å². The highest BCUT2D eigenvalue weighted by atomic mass is 32.2. The molecule has 7 N–H and O–H groups in total. The number of primary amides is 1. The predicted octanol–water partition coefficient (Wildman–Crippen LogP) is 1.81. The number of benzene rings is 2. The van der Waals surface area contributed by atoms with E-state index in [4.69, 9.17) is 5.73 Å². The van der Waals surface area contributed by atoms with Gasteiger partial charge in [-0.1, -0.05) is 30.4 Å². The number of ketones is 2. The summed E-state index contributed by atoms with van der Waals surface area (Å²) in [7, 11) is 3.22. The number of phenolic OH excluding ortho intramolecular Hbond substituents is 2. The van der Waals surface area contributed by atoms with Gasteiger partial charge in [0.15, 0.2) is 11.4 Å². The molecule has 0 spiro atoms. The predicted molar refractivity (Wildman–Crippen MR) is 157 cm³/mol. The van der Waals surface area contributed by atoms with E-state index in [1.807, 2.05) is 36.6 Å². The first kappa shape index (κ1) is 29.8. The number of aliphatic hydroxyl groups excluding tert-OH is 2. The lowest BCUT2D eigenvalue weighted by Crippen LogP contribution is -2.73. The summed E-state index contributed by atoms with van der Waals surface area (Å²) in [5.41, 5.74) is 4.56. The van der Waals surface area contributed by atoms with Crippen LogP contribution >= 0.6 is 11.8 Å². The molecule has 2 saturated carbocycles. The van der Waals surface area contributed by atoms with Crippen LogP contribution in [0.2, 0.25) is 0 Å². The molecule has 0 heterocycles. The Kier molecular flexibility index (Phi) is 7.73. The maximum absolute atomic E-state index is 13.9. The normalized spacial score (nSPS) is 29.0. The average Bonchev–Trinajstić information content (AvgIpc) is 2.92. The number of carbonyl (C=O) groups excluding carboxylic acids is 3. The lowest BCUT2D eigenvalue weighted by molar-refractivity contribution is -0.184. The molecular weight excluding hydrogens is 560 g/mol. The fourth-order valence-corrected chi connectivity index (χ4v) is 7.53. The molecule has 5 rings (SSSR count). The van der Waals surface area contributed by atoms with Gasteiger partial charge in [0.05, 0.1) is 11.7 Å². The van der Waals surface area contributed by atoms with Crippen molar-refractivity contribution in [3.8, 4) is 11.5 Å². The number of hydrogen-bond donors (Lipinski definition) is 6. The quantitative estimate of drug-likeness (QED) is 0.213. The highest BCUT2D eigenvalue weighted by molar-refractivity contribution is 7.98. The van der Waals surface area contributed by atoms with Gasteiger partial charge in [-0.2, -0.15) is 0 Å². The molecule has 10 nitrogen and oxygen atoms in total. The number of allylic oxidation sites excluding steroid dienone is 1. The van der Waals surface area contributed by atoms with Crippen molar-refractivity contribution in [2.45, 2.75) is 41.9 Å². The molecule has 0 aromatic heterocycles. The number of rotatable bonds is 6. The van der Waals surface area contributed by atoms with Gasteiger partial charge in [0.25, 0.3) is 0 Å². The molecule has 6 atom stereocenters. The number of carbonyl (C=O) groups is 3. The Morgan fingerprint density at radius 2 is 1.88 bits per heavy atom. The molecule has 0 saturated heterocycles. The lowest BCUT2D eigenvalue weighted by Gasteiger charge is -2.53. The van der Waals surface area contributed by atoms with E-state index in [9.17, 15) is 39.9 Å². The van der Waals surface area contributed by atoms with Gasteiger partial charge in [0, 0.05) is 22.4 Å². The second kappa shape index (κ2) is 10.9. The molecule has 2 fully saturated rings. The monoisotopic (exact) mass is 594 g/mol. The number of fused-ring (bicyclic) bond motifs is 3. The molecule has 1 amide bonds. The maximum Gasteiger partial charge on any atom is 0.230 e. The number of Topliss-reactive ketones (excluding diaryl/α,β-unsaturated/α-hetero) is 2. The van der Waals surface area contributed by atoms with Crippen molar-refractivity contribution >= 4 is 41.1 Å². The molecule has 3 aliphatic rings. The maximum atomic E-state index is 13.9. The topological polar surface area (TPSA) is 182 Å². The molecule has 2 aromatic carbocycles. The number of aromatic hydroxyl groups is 2. The van der Waals surface area contributed by atoms with Crippen molar-refractivity contribution in [3.05, 3.63) is 64.2 Å². The van der Waals surface area contributed by atoms with Crippen molar-refractivity contribution < 1.29 is 39.9 Å². The summed E-state index contributed by atoms with van der Waals surface area (Å²) in [5.74, 6) is -7.52.